The molecule has 3 rings (SSSR count). The lowest BCUT2D eigenvalue weighted by Gasteiger charge is -2.06. The number of nitrogens with two attached hydrogens (primary N) is 1. The van der Waals surface area contributed by atoms with E-state index in [0.29, 0.717) is 18.1 Å². The molecule has 2 heterocycles. The first-order chi connectivity index (χ1) is 10.0. The van der Waals surface area contributed by atoms with Crippen molar-refractivity contribution in [2.45, 2.75) is 25.0 Å². The summed E-state index contributed by atoms with van der Waals surface area (Å²) in [6.07, 6.45) is 0.718. The molecule has 8 nitrogen and oxygen atoms in total. The van der Waals surface area contributed by atoms with Crippen molar-refractivity contribution in [3.05, 3.63) is 24.3 Å². The average molecular weight is 306 g/mol. The van der Waals surface area contributed by atoms with E-state index in [0.717, 1.165) is 17.3 Å². The highest BCUT2D eigenvalue weighted by Crippen LogP contribution is 2.26. The monoisotopic (exact) mass is 306 g/mol. The number of fused-ring (bicyclic) bond motifs is 1. The van der Waals surface area contributed by atoms with E-state index in [1.807, 2.05) is 31.2 Å². The maximum absolute atomic E-state index is 11.6. The summed E-state index contributed by atoms with van der Waals surface area (Å²) < 4.78 is 24.7. The normalized spacial score (nSPS) is 12.1. The minimum absolute atomic E-state index is 0.244. The van der Waals surface area contributed by atoms with Crippen molar-refractivity contribution in [3.8, 4) is 11.5 Å². The van der Waals surface area contributed by atoms with Gasteiger partial charge in [0.05, 0.1) is 5.52 Å². The Labute approximate surface area is 121 Å². The number of hydrogen-bond acceptors (Lipinski definition) is 5. The molecule has 110 valence electrons. The maximum atomic E-state index is 11.6. The Balaban J connectivity index is 2.25. The van der Waals surface area contributed by atoms with Gasteiger partial charge < -0.3 is 0 Å². The smallest absolute Gasteiger partial charge is 0.273 e. The van der Waals surface area contributed by atoms with Gasteiger partial charge in [0.25, 0.3) is 15.2 Å². The zero-order valence-electron chi connectivity index (χ0n) is 11.3. The number of aromatic amines is 1. The second-order valence-corrected chi connectivity index (χ2v) is 6.08. The van der Waals surface area contributed by atoms with Crippen LogP contribution in [0.4, 0.5) is 0 Å². The Morgan fingerprint density at radius 2 is 2.05 bits per heavy atom. The fourth-order valence-corrected chi connectivity index (χ4v) is 2.87. The van der Waals surface area contributed by atoms with Crippen molar-refractivity contribution in [2.24, 2.45) is 5.14 Å². The lowest BCUT2D eigenvalue weighted by atomic mass is 10.2. The van der Waals surface area contributed by atoms with E-state index in [1.54, 1.807) is 0 Å². The van der Waals surface area contributed by atoms with Crippen molar-refractivity contribution in [1.82, 2.24) is 25.0 Å². The molecule has 3 aromatic rings. The number of sulfonamides is 1. The van der Waals surface area contributed by atoms with Crippen LogP contribution in [0.5, 0.6) is 0 Å². The van der Waals surface area contributed by atoms with Gasteiger partial charge in [0.2, 0.25) is 0 Å². The van der Waals surface area contributed by atoms with Crippen LogP contribution < -0.4 is 5.14 Å². The molecule has 0 radical (unpaired) electrons. The molecule has 0 saturated carbocycles. The van der Waals surface area contributed by atoms with Crippen LogP contribution in [-0.4, -0.2) is 33.4 Å². The highest BCUT2D eigenvalue weighted by atomic mass is 32.2. The molecule has 0 unspecified atom stereocenters. The summed E-state index contributed by atoms with van der Waals surface area (Å²) in [5.41, 5.74) is 1.40. The Bertz CT molecular complexity index is 896. The predicted octanol–water partition coefficient (Wildman–Crippen LogP) is 0.879. The molecule has 3 N–H and O–H groups in total. The number of hydrogen-bond donors (Lipinski definition) is 2. The van der Waals surface area contributed by atoms with Crippen LogP contribution in [0.3, 0.4) is 0 Å². The first kappa shape index (κ1) is 13.7. The summed E-state index contributed by atoms with van der Waals surface area (Å²) in [5.74, 6) is 0.387. The Morgan fingerprint density at radius 1 is 1.29 bits per heavy atom. The van der Waals surface area contributed by atoms with Crippen molar-refractivity contribution < 1.29 is 8.42 Å². The van der Waals surface area contributed by atoms with Crippen LogP contribution >= 0.6 is 0 Å². The topological polar surface area (TPSA) is 120 Å². The van der Waals surface area contributed by atoms with Gasteiger partial charge in [-0.1, -0.05) is 25.1 Å². The highest BCUT2D eigenvalue weighted by Gasteiger charge is 2.23. The second kappa shape index (κ2) is 4.93. The largest absolute Gasteiger partial charge is 0.295 e. The molecule has 0 fully saturated rings. The number of para-hydroxylation sites is 1. The lowest BCUT2D eigenvalue weighted by Crippen LogP contribution is -2.19. The summed E-state index contributed by atoms with van der Waals surface area (Å²) in [4.78, 5) is 0. The van der Waals surface area contributed by atoms with Gasteiger partial charge in [-0.2, -0.15) is 5.10 Å². The van der Waals surface area contributed by atoms with Crippen LogP contribution in [0.25, 0.3) is 22.4 Å². The molecule has 2 aromatic heterocycles. The van der Waals surface area contributed by atoms with Gasteiger partial charge in [-0.15, -0.1) is 10.2 Å². The van der Waals surface area contributed by atoms with Gasteiger partial charge >= 0.3 is 0 Å². The summed E-state index contributed by atoms with van der Waals surface area (Å²) in [7, 11) is -3.93. The van der Waals surface area contributed by atoms with Gasteiger partial charge in [-0.05, 0) is 12.5 Å². The van der Waals surface area contributed by atoms with E-state index >= 15 is 0 Å². The van der Waals surface area contributed by atoms with Gasteiger partial charge in [0.1, 0.15) is 5.69 Å². The summed E-state index contributed by atoms with van der Waals surface area (Å²) in [5, 5.41) is 20.6. The molecular formula is C12H14N6O2S. The fraction of sp³-hybridized carbons (Fsp3) is 0.250. The van der Waals surface area contributed by atoms with Gasteiger partial charge in [0.15, 0.2) is 5.82 Å². The van der Waals surface area contributed by atoms with Gasteiger partial charge in [-0.3, -0.25) is 9.67 Å². The van der Waals surface area contributed by atoms with Gasteiger partial charge in [-0.25, -0.2) is 13.6 Å². The van der Waals surface area contributed by atoms with Crippen LogP contribution in [0.1, 0.15) is 13.3 Å². The Kier molecular flexibility index (Phi) is 3.22. The van der Waals surface area contributed by atoms with Crippen molar-refractivity contribution in [2.75, 3.05) is 0 Å². The average Bonchev–Trinajstić information content (AvgIpc) is 3.02. The molecule has 1 aromatic carbocycles. The van der Waals surface area contributed by atoms with Crippen molar-refractivity contribution >= 4 is 20.9 Å². The first-order valence-electron chi connectivity index (χ1n) is 6.42. The molecule has 21 heavy (non-hydrogen) atoms. The third-order valence-electron chi connectivity index (χ3n) is 3.10. The maximum Gasteiger partial charge on any atom is 0.273 e. The Hall–Kier alpha value is -2.26. The molecule has 0 saturated heterocycles. The molecular weight excluding hydrogens is 292 g/mol. The second-order valence-electron chi connectivity index (χ2n) is 4.62. The number of nitrogens with one attached hydrogen (secondary N) is 1. The number of H-pyrrole nitrogens is 1. The fourth-order valence-electron chi connectivity index (χ4n) is 2.23. The molecule has 0 amide bonds. The van der Waals surface area contributed by atoms with E-state index in [2.05, 4.69) is 20.4 Å². The molecule has 0 spiro atoms. The molecule has 0 aliphatic rings. The van der Waals surface area contributed by atoms with Gasteiger partial charge in [0, 0.05) is 11.9 Å². The van der Waals surface area contributed by atoms with Crippen LogP contribution in [0.15, 0.2) is 29.4 Å². The minimum atomic E-state index is -3.93. The quantitative estimate of drug-likeness (QED) is 0.741. The zero-order chi connectivity index (χ0) is 15.0. The number of benzene rings is 1. The standard InChI is InChI=1S/C12H14N6O2S/c1-2-7-18-11(16-17-12(18)21(13,19)20)10-8-5-3-4-6-9(8)14-15-10/h3-6H,2,7H2,1H3,(H,14,15)(H2,13,19,20). The molecule has 9 heteroatoms. The van der Waals surface area contributed by atoms with E-state index in [4.69, 9.17) is 5.14 Å². The molecule has 0 aliphatic heterocycles. The third kappa shape index (κ3) is 2.30. The van der Waals surface area contributed by atoms with Crippen molar-refractivity contribution in [1.29, 1.82) is 0 Å². The van der Waals surface area contributed by atoms with Crippen LogP contribution in [0, 0.1) is 0 Å². The third-order valence-corrected chi connectivity index (χ3v) is 3.91. The van der Waals surface area contributed by atoms with Crippen molar-refractivity contribution in [3.63, 3.8) is 0 Å². The van der Waals surface area contributed by atoms with Crippen LogP contribution in [0.2, 0.25) is 0 Å². The summed E-state index contributed by atoms with van der Waals surface area (Å²) >= 11 is 0. The first-order valence-corrected chi connectivity index (χ1v) is 7.96. The zero-order valence-corrected chi connectivity index (χ0v) is 12.1. The highest BCUT2D eigenvalue weighted by molar-refractivity contribution is 7.89. The number of aromatic nitrogens is 5. The molecule has 0 aliphatic carbocycles. The number of rotatable bonds is 4. The van der Waals surface area contributed by atoms with E-state index in [1.165, 1.54) is 4.57 Å². The van der Waals surface area contributed by atoms with E-state index in [-0.39, 0.29) is 5.16 Å². The summed E-state index contributed by atoms with van der Waals surface area (Å²) in [6, 6.07) is 7.53. The molecule has 0 atom stereocenters. The number of primary sulfonamides is 1. The predicted molar refractivity (Wildman–Crippen MR) is 76.8 cm³/mol. The minimum Gasteiger partial charge on any atom is -0.295 e. The lowest BCUT2D eigenvalue weighted by molar-refractivity contribution is 0.559. The van der Waals surface area contributed by atoms with E-state index in [9.17, 15) is 8.42 Å². The van der Waals surface area contributed by atoms with Crippen LogP contribution in [-0.2, 0) is 16.6 Å². The van der Waals surface area contributed by atoms with E-state index < -0.39 is 10.0 Å². The molecule has 0 bridgehead atoms. The number of nitrogens with zero attached hydrogens (tertiary/aromatic N) is 4. The summed E-state index contributed by atoms with van der Waals surface area (Å²) in [6.45, 7) is 2.37. The SMILES string of the molecule is CCCn1c(-c2n[nH]c3ccccc23)nnc1S(N)(=O)=O. The Morgan fingerprint density at radius 3 is 2.76 bits per heavy atom.